The molecule has 66 valence electrons. The molecule has 5 heteroatoms. The Bertz CT molecular complexity index is 115. The molecule has 0 spiro atoms. The maximum absolute atomic E-state index is 5.35. The zero-order chi connectivity index (χ0) is 8.43. The second-order valence-electron chi connectivity index (χ2n) is 2.23. The molecule has 1 aliphatic rings. The third kappa shape index (κ3) is 1.95. The van der Waals surface area contributed by atoms with Crippen LogP contribution in [0.2, 0.25) is 0 Å². The molecule has 11 heavy (non-hydrogen) atoms. The van der Waals surface area contributed by atoms with Gasteiger partial charge >= 0.3 is 0 Å². The van der Waals surface area contributed by atoms with Crippen LogP contribution in [0.5, 0.6) is 0 Å². The first-order chi connectivity index (χ1) is 5.20. The number of hydrogen-bond acceptors (Lipinski definition) is 3. The molecule has 0 aliphatic carbocycles. The van der Waals surface area contributed by atoms with E-state index in [0.29, 0.717) is 0 Å². The first kappa shape index (κ1) is 9.92. The van der Waals surface area contributed by atoms with Gasteiger partial charge in [0.1, 0.15) is 0 Å². The van der Waals surface area contributed by atoms with Crippen molar-refractivity contribution in [3.63, 3.8) is 0 Å². The highest BCUT2D eigenvalue weighted by Gasteiger charge is 2.42. The third-order valence-corrected chi connectivity index (χ3v) is 4.27. The molecular weight excluding hydrogens is 280 g/mol. The molecule has 0 unspecified atom stereocenters. The van der Waals surface area contributed by atoms with Crippen LogP contribution in [0, 0.1) is 0 Å². The lowest BCUT2D eigenvalue weighted by molar-refractivity contribution is -0.183. The number of rotatable bonds is 2. The molecule has 0 bridgehead atoms. The van der Waals surface area contributed by atoms with E-state index in [-0.39, 0.29) is 22.2 Å². The molecule has 0 amide bonds. The lowest BCUT2D eigenvalue weighted by Crippen LogP contribution is -2.23. The zero-order valence-corrected chi connectivity index (χ0v) is 9.46. The van der Waals surface area contributed by atoms with Gasteiger partial charge in [0.25, 0.3) is 0 Å². The second-order valence-corrected chi connectivity index (χ2v) is 4.35. The summed E-state index contributed by atoms with van der Waals surface area (Å²) in [5.74, 6) is 0. The summed E-state index contributed by atoms with van der Waals surface area (Å²) in [6.07, 6.45) is -0.464. The van der Waals surface area contributed by atoms with Crippen molar-refractivity contribution in [1.29, 1.82) is 0 Å². The van der Waals surface area contributed by atoms with Gasteiger partial charge in [-0.3, -0.25) is 0 Å². The van der Waals surface area contributed by atoms with Gasteiger partial charge in [0.2, 0.25) is 0 Å². The van der Waals surface area contributed by atoms with Gasteiger partial charge in [0.05, 0.1) is 9.65 Å². The van der Waals surface area contributed by atoms with E-state index in [1.165, 1.54) is 0 Å². The average Bonchev–Trinajstić information content (AvgIpc) is 2.30. The van der Waals surface area contributed by atoms with Crippen molar-refractivity contribution in [2.24, 2.45) is 0 Å². The van der Waals surface area contributed by atoms with Crippen LogP contribution >= 0.6 is 31.9 Å². The van der Waals surface area contributed by atoms with Crippen molar-refractivity contribution in [3.8, 4) is 0 Å². The smallest absolute Gasteiger partial charge is 0.174 e. The van der Waals surface area contributed by atoms with E-state index in [1.807, 2.05) is 0 Å². The highest BCUT2D eigenvalue weighted by Crippen LogP contribution is 2.32. The number of alkyl halides is 2. The summed E-state index contributed by atoms with van der Waals surface area (Å²) in [5, 5.41) is 0. The Morgan fingerprint density at radius 1 is 1.00 bits per heavy atom. The number of hydrogen-bond donors (Lipinski definition) is 0. The van der Waals surface area contributed by atoms with E-state index in [1.54, 1.807) is 14.2 Å². The molecule has 1 heterocycles. The van der Waals surface area contributed by atoms with E-state index in [4.69, 9.17) is 14.2 Å². The number of methoxy groups -OCH3 is 2. The van der Waals surface area contributed by atoms with Gasteiger partial charge in [-0.2, -0.15) is 0 Å². The number of halogens is 2. The quantitative estimate of drug-likeness (QED) is 0.721. The summed E-state index contributed by atoms with van der Waals surface area (Å²) in [4.78, 5) is 0.273. The molecule has 4 atom stereocenters. The van der Waals surface area contributed by atoms with E-state index in [0.717, 1.165) is 0 Å². The van der Waals surface area contributed by atoms with Crippen LogP contribution in [0.15, 0.2) is 0 Å². The molecule has 0 aromatic heterocycles. The van der Waals surface area contributed by atoms with Crippen molar-refractivity contribution in [3.05, 3.63) is 0 Å². The molecule has 0 N–H and O–H groups in total. The molecule has 0 saturated carbocycles. The van der Waals surface area contributed by atoms with Gasteiger partial charge < -0.3 is 14.2 Å². The first-order valence-corrected chi connectivity index (χ1v) is 5.03. The molecule has 1 saturated heterocycles. The highest BCUT2D eigenvalue weighted by atomic mass is 79.9. The largest absolute Gasteiger partial charge is 0.355 e. The lowest BCUT2D eigenvalue weighted by Gasteiger charge is -2.10. The van der Waals surface area contributed by atoms with Gasteiger partial charge in [0.15, 0.2) is 12.6 Å². The van der Waals surface area contributed by atoms with Crippen LogP contribution in [0.4, 0.5) is 0 Å². The van der Waals surface area contributed by atoms with Crippen LogP contribution in [-0.2, 0) is 14.2 Å². The van der Waals surface area contributed by atoms with Crippen molar-refractivity contribution in [2.75, 3.05) is 14.2 Å². The Balaban J connectivity index is 2.53. The molecule has 0 aromatic carbocycles. The molecule has 1 rings (SSSR count). The predicted molar refractivity (Wildman–Crippen MR) is 48.1 cm³/mol. The molecule has 1 aliphatic heterocycles. The van der Waals surface area contributed by atoms with Gasteiger partial charge in [0, 0.05) is 14.2 Å². The Hall–Kier alpha value is 0.840. The van der Waals surface area contributed by atoms with Gasteiger partial charge in [-0.15, -0.1) is 0 Å². The molecule has 0 aromatic rings. The third-order valence-electron chi connectivity index (χ3n) is 1.56. The summed E-state index contributed by atoms with van der Waals surface area (Å²) in [6.45, 7) is 0. The first-order valence-electron chi connectivity index (χ1n) is 3.20. The zero-order valence-electron chi connectivity index (χ0n) is 6.29. The maximum atomic E-state index is 5.35. The Kier molecular flexibility index (Phi) is 3.77. The Morgan fingerprint density at radius 3 is 1.55 bits per heavy atom. The average molecular weight is 290 g/mol. The summed E-state index contributed by atoms with van der Waals surface area (Å²) >= 11 is 6.87. The van der Waals surface area contributed by atoms with Crippen LogP contribution < -0.4 is 0 Å². The Morgan fingerprint density at radius 2 is 1.36 bits per heavy atom. The molecule has 3 nitrogen and oxygen atoms in total. The van der Waals surface area contributed by atoms with Crippen LogP contribution in [0.3, 0.4) is 0 Å². The van der Waals surface area contributed by atoms with E-state index >= 15 is 0 Å². The minimum absolute atomic E-state index is 0.137. The van der Waals surface area contributed by atoms with Crippen molar-refractivity contribution in [1.82, 2.24) is 0 Å². The lowest BCUT2D eigenvalue weighted by atomic mass is 10.3. The van der Waals surface area contributed by atoms with Crippen LogP contribution in [0.25, 0.3) is 0 Å². The van der Waals surface area contributed by atoms with Crippen molar-refractivity contribution < 1.29 is 14.2 Å². The predicted octanol–water partition coefficient (Wildman–Crippen LogP) is 1.49. The van der Waals surface area contributed by atoms with Gasteiger partial charge in [-0.25, -0.2) is 0 Å². The summed E-state index contributed by atoms with van der Waals surface area (Å²) in [7, 11) is 3.22. The topological polar surface area (TPSA) is 27.7 Å². The summed E-state index contributed by atoms with van der Waals surface area (Å²) in [5.41, 5.74) is 0. The van der Waals surface area contributed by atoms with E-state index in [2.05, 4.69) is 31.9 Å². The van der Waals surface area contributed by atoms with E-state index < -0.39 is 0 Å². The monoisotopic (exact) mass is 288 g/mol. The summed E-state index contributed by atoms with van der Waals surface area (Å²) < 4.78 is 15.4. The van der Waals surface area contributed by atoms with Gasteiger partial charge in [-0.1, -0.05) is 31.9 Å². The maximum Gasteiger partial charge on any atom is 0.174 e. The minimum Gasteiger partial charge on any atom is -0.355 e. The molecular formula is C6H10Br2O3. The summed E-state index contributed by atoms with van der Waals surface area (Å²) in [6, 6.07) is 0. The van der Waals surface area contributed by atoms with Crippen molar-refractivity contribution >= 4 is 31.9 Å². The standard InChI is InChI=1S/C6H10Br2O3/c1-9-5-3(7)4(8)6(10-2)11-5/h3-6H,1-2H3/t3-,4-,5-,6+/m1/s1. The fraction of sp³-hybridized carbons (Fsp3) is 1.00. The molecule has 0 radical (unpaired) electrons. The fourth-order valence-electron chi connectivity index (χ4n) is 0.954. The van der Waals surface area contributed by atoms with Crippen LogP contribution in [0.1, 0.15) is 0 Å². The normalized spacial score (nSPS) is 44.7. The van der Waals surface area contributed by atoms with Gasteiger partial charge in [-0.05, 0) is 0 Å². The van der Waals surface area contributed by atoms with Crippen LogP contribution in [-0.4, -0.2) is 36.5 Å². The number of ether oxygens (including phenoxy) is 3. The fourth-order valence-corrected chi connectivity index (χ4v) is 2.13. The highest BCUT2D eigenvalue weighted by molar-refractivity contribution is 9.12. The second kappa shape index (κ2) is 4.18. The van der Waals surface area contributed by atoms with E-state index in [9.17, 15) is 0 Å². The Labute approximate surface area is 82.6 Å². The minimum atomic E-state index is -0.232. The van der Waals surface area contributed by atoms with Crippen molar-refractivity contribution in [2.45, 2.75) is 22.2 Å². The SMILES string of the molecule is CO[C@@H]1O[C@H](OC)[C@H](Br)[C@H]1Br. The molecule has 1 fully saturated rings.